The van der Waals surface area contributed by atoms with Crippen molar-refractivity contribution >= 4 is 11.6 Å². The first-order chi connectivity index (χ1) is 6.74. The molecule has 0 unspecified atom stereocenters. The second-order valence-electron chi connectivity index (χ2n) is 3.98. The van der Waals surface area contributed by atoms with Crippen LogP contribution in [-0.2, 0) is 19.3 Å². The number of hydrogen-bond donors (Lipinski definition) is 0. The molecule has 1 aromatic rings. The molecule has 0 N–H and O–H groups in total. The van der Waals surface area contributed by atoms with Crippen molar-refractivity contribution in [3.05, 3.63) is 27.5 Å². The van der Waals surface area contributed by atoms with Gasteiger partial charge in [-0.3, -0.25) is 4.98 Å². The van der Waals surface area contributed by atoms with Crippen molar-refractivity contribution in [1.29, 1.82) is 0 Å². The number of fused-ring (bicyclic) bond motifs is 1. The highest BCUT2D eigenvalue weighted by molar-refractivity contribution is 6.32. The van der Waals surface area contributed by atoms with Gasteiger partial charge in [0.05, 0.1) is 5.02 Å². The maximum absolute atomic E-state index is 6.39. The maximum Gasteiger partial charge on any atom is 0.0506 e. The minimum atomic E-state index is 0.991. The van der Waals surface area contributed by atoms with E-state index in [1.165, 1.54) is 29.7 Å². The topological polar surface area (TPSA) is 12.9 Å². The van der Waals surface area contributed by atoms with Crippen molar-refractivity contribution in [2.75, 3.05) is 0 Å². The van der Waals surface area contributed by atoms with Crippen molar-refractivity contribution in [2.45, 2.75) is 46.0 Å². The summed E-state index contributed by atoms with van der Waals surface area (Å²) >= 11 is 6.39. The maximum atomic E-state index is 6.39. The Hall–Kier alpha value is -0.560. The SMILES string of the molecule is CCc1c(C)nc2c(c1Cl)CCCC2. The lowest BCUT2D eigenvalue weighted by Gasteiger charge is -2.19. The third-order valence-electron chi connectivity index (χ3n) is 3.06. The van der Waals surface area contributed by atoms with Gasteiger partial charge in [-0.25, -0.2) is 0 Å². The molecule has 0 bridgehead atoms. The Balaban J connectivity index is 2.57. The number of rotatable bonds is 1. The molecule has 0 amide bonds. The van der Waals surface area contributed by atoms with Crippen LogP contribution in [0.3, 0.4) is 0 Å². The van der Waals surface area contributed by atoms with E-state index in [0.717, 1.165) is 30.0 Å². The third kappa shape index (κ3) is 1.54. The Labute approximate surface area is 90.5 Å². The molecular formula is C12H16ClN. The summed E-state index contributed by atoms with van der Waals surface area (Å²) in [5.41, 5.74) is 4.93. The molecule has 1 nitrogen and oxygen atoms in total. The average molecular weight is 210 g/mol. The summed E-state index contributed by atoms with van der Waals surface area (Å²) in [5, 5.41) is 0.995. The van der Waals surface area contributed by atoms with Gasteiger partial charge in [-0.05, 0) is 50.2 Å². The fourth-order valence-electron chi connectivity index (χ4n) is 2.27. The van der Waals surface area contributed by atoms with Crippen molar-refractivity contribution in [2.24, 2.45) is 0 Å². The fraction of sp³-hybridized carbons (Fsp3) is 0.583. The van der Waals surface area contributed by atoms with Gasteiger partial charge < -0.3 is 0 Å². The largest absolute Gasteiger partial charge is 0.258 e. The molecule has 2 rings (SSSR count). The molecular weight excluding hydrogens is 194 g/mol. The van der Waals surface area contributed by atoms with Crippen LogP contribution in [0.1, 0.15) is 42.3 Å². The van der Waals surface area contributed by atoms with Gasteiger partial charge >= 0.3 is 0 Å². The molecule has 0 atom stereocenters. The van der Waals surface area contributed by atoms with Crippen LogP contribution in [0.4, 0.5) is 0 Å². The number of pyridine rings is 1. The summed E-state index contributed by atoms with van der Waals surface area (Å²) < 4.78 is 0. The van der Waals surface area contributed by atoms with Gasteiger partial charge in [0.25, 0.3) is 0 Å². The fourth-order valence-corrected chi connectivity index (χ4v) is 2.75. The van der Waals surface area contributed by atoms with Crippen LogP contribution in [0.25, 0.3) is 0 Å². The summed E-state index contributed by atoms with van der Waals surface area (Å²) in [6.45, 7) is 4.21. The molecule has 1 heterocycles. The quantitative estimate of drug-likeness (QED) is 0.690. The molecule has 1 aromatic heterocycles. The second-order valence-corrected chi connectivity index (χ2v) is 4.35. The van der Waals surface area contributed by atoms with Crippen LogP contribution in [0.5, 0.6) is 0 Å². The predicted octanol–water partition coefficient (Wildman–Crippen LogP) is 3.48. The van der Waals surface area contributed by atoms with E-state index >= 15 is 0 Å². The number of aromatic nitrogens is 1. The minimum absolute atomic E-state index is 0.991. The van der Waals surface area contributed by atoms with E-state index in [2.05, 4.69) is 18.8 Å². The van der Waals surface area contributed by atoms with Gasteiger partial charge in [-0.2, -0.15) is 0 Å². The summed E-state index contributed by atoms with van der Waals surface area (Å²) in [4.78, 5) is 4.66. The lowest BCUT2D eigenvalue weighted by atomic mass is 9.93. The zero-order valence-electron chi connectivity index (χ0n) is 8.86. The number of hydrogen-bond acceptors (Lipinski definition) is 1. The third-order valence-corrected chi connectivity index (χ3v) is 3.52. The first-order valence-corrected chi connectivity index (χ1v) is 5.78. The van der Waals surface area contributed by atoms with Crippen molar-refractivity contribution in [3.63, 3.8) is 0 Å². The average Bonchev–Trinajstić information content (AvgIpc) is 2.18. The Morgan fingerprint density at radius 3 is 2.71 bits per heavy atom. The van der Waals surface area contributed by atoms with Crippen LogP contribution in [0, 0.1) is 6.92 Å². The van der Waals surface area contributed by atoms with Crippen molar-refractivity contribution < 1.29 is 0 Å². The molecule has 0 radical (unpaired) electrons. The lowest BCUT2D eigenvalue weighted by Crippen LogP contribution is -2.09. The molecule has 0 saturated heterocycles. The number of halogens is 1. The van der Waals surface area contributed by atoms with Crippen LogP contribution < -0.4 is 0 Å². The first kappa shape index (κ1) is 9.97. The van der Waals surface area contributed by atoms with Crippen LogP contribution >= 0.6 is 11.6 Å². The van der Waals surface area contributed by atoms with E-state index < -0.39 is 0 Å². The van der Waals surface area contributed by atoms with Gasteiger partial charge in [0, 0.05) is 11.4 Å². The molecule has 0 saturated carbocycles. The van der Waals surface area contributed by atoms with Crippen LogP contribution in [-0.4, -0.2) is 4.98 Å². The lowest BCUT2D eigenvalue weighted by molar-refractivity contribution is 0.663. The highest BCUT2D eigenvalue weighted by Crippen LogP contribution is 2.31. The molecule has 0 aromatic carbocycles. The summed E-state index contributed by atoms with van der Waals surface area (Å²) in [6, 6.07) is 0. The van der Waals surface area contributed by atoms with E-state index in [4.69, 9.17) is 11.6 Å². The van der Waals surface area contributed by atoms with E-state index in [9.17, 15) is 0 Å². The molecule has 0 spiro atoms. The highest BCUT2D eigenvalue weighted by Gasteiger charge is 2.17. The van der Waals surface area contributed by atoms with E-state index in [1.54, 1.807) is 0 Å². The Bertz CT molecular complexity index is 358. The Morgan fingerprint density at radius 2 is 2.00 bits per heavy atom. The Kier molecular flexibility index (Phi) is 2.78. The zero-order chi connectivity index (χ0) is 10.1. The molecule has 0 fully saturated rings. The van der Waals surface area contributed by atoms with Gasteiger partial charge in [-0.15, -0.1) is 0 Å². The monoisotopic (exact) mass is 209 g/mol. The van der Waals surface area contributed by atoms with Gasteiger partial charge in [0.2, 0.25) is 0 Å². The summed E-state index contributed by atoms with van der Waals surface area (Å²) in [6.07, 6.45) is 5.75. The number of aryl methyl sites for hydroxylation is 2. The van der Waals surface area contributed by atoms with E-state index in [-0.39, 0.29) is 0 Å². The van der Waals surface area contributed by atoms with Gasteiger partial charge in [0.15, 0.2) is 0 Å². The van der Waals surface area contributed by atoms with Crippen molar-refractivity contribution in [1.82, 2.24) is 4.98 Å². The smallest absolute Gasteiger partial charge is 0.0506 e. The zero-order valence-corrected chi connectivity index (χ0v) is 9.62. The van der Waals surface area contributed by atoms with Gasteiger partial charge in [0.1, 0.15) is 0 Å². The molecule has 0 aliphatic heterocycles. The van der Waals surface area contributed by atoms with Crippen LogP contribution in [0.15, 0.2) is 0 Å². The summed E-state index contributed by atoms with van der Waals surface area (Å²) in [5.74, 6) is 0. The predicted molar refractivity (Wildman–Crippen MR) is 60.0 cm³/mol. The number of nitrogens with zero attached hydrogens (tertiary/aromatic N) is 1. The molecule has 14 heavy (non-hydrogen) atoms. The molecule has 2 heteroatoms. The molecule has 1 aliphatic rings. The standard InChI is InChI=1S/C12H16ClN/c1-3-9-8(2)14-11-7-5-4-6-10(11)12(9)13/h3-7H2,1-2H3. The molecule has 1 aliphatic carbocycles. The van der Waals surface area contributed by atoms with Crippen molar-refractivity contribution in [3.8, 4) is 0 Å². The van der Waals surface area contributed by atoms with Crippen LogP contribution in [0.2, 0.25) is 5.02 Å². The Morgan fingerprint density at radius 1 is 1.29 bits per heavy atom. The van der Waals surface area contributed by atoms with E-state index in [0.29, 0.717) is 0 Å². The first-order valence-electron chi connectivity index (χ1n) is 5.40. The minimum Gasteiger partial charge on any atom is -0.258 e. The summed E-state index contributed by atoms with van der Waals surface area (Å²) in [7, 11) is 0. The van der Waals surface area contributed by atoms with Gasteiger partial charge in [-0.1, -0.05) is 18.5 Å². The second kappa shape index (κ2) is 3.90. The van der Waals surface area contributed by atoms with E-state index in [1.807, 2.05) is 0 Å². The normalized spacial score (nSPS) is 15.4. The highest BCUT2D eigenvalue weighted by atomic mass is 35.5. The molecule has 76 valence electrons.